The second kappa shape index (κ2) is 5.13. The van der Waals surface area contributed by atoms with Crippen LogP contribution in [0, 0.1) is 5.92 Å². The molecular weight excluding hydrogens is 290 g/mol. The fourth-order valence-electron chi connectivity index (χ4n) is 2.71. The third-order valence-corrected chi connectivity index (χ3v) is 5.79. The number of benzene rings is 2. The van der Waals surface area contributed by atoms with Gasteiger partial charge in [-0.15, -0.1) is 0 Å². The zero-order valence-electron chi connectivity index (χ0n) is 11.3. The zero-order valence-corrected chi connectivity index (χ0v) is 12.1. The standard InChI is InChI=1S/C15H15NO4S/c17-15(18)12-8-9-16(10-12)21(19,20)14-7-3-5-11-4-1-2-6-13(11)14/h1-7,12H,8-10H2,(H,17,18). The summed E-state index contributed by atoms with van der Waals surface area (Å²) in [5, 5.41) is 10.5. The summed E-state index contributed by atoms with van der Waals surface area (Å²) in [7, 11) is -3.66. The number of aliphatic carboxylic acids is 1. The molecule has 1 saturated heterocycles. The van der Waals surface area contributed by atoms with Gasteiger partial charge < -0.3 is 5.11 Å². The maximum Gasteiger partial charge on any atom is 0.307 e. The number of hydrogen-bond donors (Lipinski definition) is 1. The summed E-state index contributed by atoms with van der Waals surface area (Å²) < 4.78 is 26.8. The highest BCUT2D eigenvalue weighted by molar-refractivity contribution is 7.89. The largest absolute Gasteiger partial charge is 0.481 e. The number of fused-ring (bicyclic) bond motifs is 1. The van der Waals surface area contributed by atoms with Gasteiger partial charge in [0.15, 0.2) is 0 Å². The van der Waals surface area contributed by atoms with Crippen molar-refractivity contribution in [3.05, 3.63) is 42.5 Å². The topological polar surface area (TPSA) is 74.7 Å². The van der Waals surface area contributed by atoms with Crippen LogP contribution in [0.15, 0.2) is 47.4 Å². The maximum atomic E-state index is 12.7. The van der Waals surface area contributed by atoms with Crippen LogP contribution in [0.2, 0.25) is 0 Å². The summed E-state index contributed by atoms with van der Waals surface area (Å²) >= 11 is 0. The molecule has 1 atom stereocenters. The van der Waals surface area contributed by atoms with Gasteiger partial charge in [-0.05, 0) is 17.9 Å². The summed E-state index contributed by atoms with van der Waals surface area (Å²) in [5.41, 5.74) is 0. The van der Waals surface area contributed by atoms with Crippen LogP contribution in [-0.4, -0.2) is 36.9 Å². The lowest BCUT2D eigenvalue weighted by Crippen LogP contribution is -2.30. The predicted octanol–water partition coefficient (Wildman–Crippen LogP) is 1.93. The fraction of sp³-hybridized carbons (Fsp3) is 0.267. The quantitative estimate of drug-likeness (QED) is 0.940. The Labute approximate surface area is 122 Å². The molecule has 1 N–H and O–H groups in total. The van der Waals surface area contributed by atoms with Crippen molar-refractivity contribution < 1.29 is 18.3 Å². The average Bonchev–Trinajstić information content (AvgIpc) is 2.97. The van der Waals surface area contributed by atoms with Crippen molar-refractivity contribution in [2.24, 2.45) is 5.92 Å². The monoisotopic (exact) mass is 305 g/mol. The minimum absolute atomic E-state index is 0.0425. The first-order chi connectivity index (χ1) is 10.00. The van der Waals surface area contributed by atoms with Gasteiger partial charge in [-0.25, -0.2) is 8.42 Å². The normalized spacial score (nSPS) is 19.9. The molecule has 0 aromatic heterocycles. The van der Waals surface area contributed by atoms with Crippen LogP contribution in [0.5, 0.6) is 0 Å². The molecular formula is C15H15NO4S. The van der Waals surface area contributed by atoms with Gasteiger partial charge >= 0.3 is 5.97 Å². The Morgan fingerprint density at radius 1 is 1.14 bits per heavy atom. The number of sulfonamides is 1. The van der Waals surface area contributed by atoms with Crippen molar-refractivity contribution in [1.82, 2.24) is 4.31 Å². The number of carboxylic acids is 1. The van der Waals surface area contributed by atoms with Crippen molar-refractivity contribution in [2.75, 3.05) is 13.1 Å². The molecule has 1 aliphatic rings. The van der Waals surface area contributed by atoms with Crippen LogP contribution in [0.4, 0.5) is 0 Å². The molecule has 1 unspecified atom stereocenters. The van der Waals surface area contributed by atoms with Gasteiger partial charge in [0.05, 0.1) is 10.8 Å². The van der Waals surface area contributed by atoms with E-state index in [2.05, 4.69) is 0 Å². The van der Waals surface area contributed by atoms with Gasteiger partial charge in [0.2, 0.25) is 10.0 Å². The highest BCUT2D eigenvalue weighted by Gasteiger charge is 2.36. The molecule has 110 valence electrons. The third kappa shape index (κ3) is 2.41. The van der Waals surface area contributed by atoms with Crippen LogP contribution >= 0.6 is 0 Å². The lowest BCUT2D eigenvalue weighted by atomic mass is 10.1. The minimum atomic E-state index is -3.66. The first-order valence-electron chi connectivity index (χ1n) is 6.71. The van der Waals surface area contributed by atoms with E-state index in [0.717, 1.165) is 5.39 Å². The number of nitrogens with zero attached hydrogens (tertiary/aromatic N) is 1. The van der Waals surface area contributed by atoms with Crippen molar-refractivity contribution >= 4 is 26.8 Å². The number of rotatable bonds is 3. The van der Waals surface area contributed by atoms with Crippen molar-refractivity contribution in [3.8, 4) is 0 Å². The van der Waals surface area contributed by atoms with Gasteiger partial charge in [0.25, 0.3) is 0 Å². The van der Waals surface area contributed by atoms with E-state index in [1.54, 1.807) is 24.3 Å². The van der Waals surface area contributed by atoms with E-state index in [0.29, 0.717) is 11.8 Å². The van der Waals surface area contributed by atoms with Gasteiger partial charge in [-0.1, -0.05) is 36.4 Å². The van der Waals surface area contributed by atoms with Crippen molar-refractivity contribution in [1.29, 1.82) is 0 Å². The highest BCUT2D eigenvalue weighted by Crippen LogP contribution is 2.29. The Morgan fingerprint density at radius 2 is 1.86 bits per heavy atom. The van der Waals surface area contributed by atoms with E-state index in [4.69, 9.17) is 5.11 Å². The summed E-state index contributed by atoms with van der Waals surface area (Å²) in [6, 6.07) is 12.4. The molecule has 0 bridgehead atoms. The molecule has 6 heteroatoms. The van der Waals surface area contributed by atoms with E-state index in [1.807, 2.05) is 18.2 Å². The van der Waals surface area contributed by atoms with Gasteiger partial charge in [0, 0.05) is 18.5 Å². The smallest absolute Gasteiger partial charge is 0.307 e. The second-order valence-corrected chi connectivity index (χ2v) is 7.07. The molecule has 0 radical (unpaired) electrons. The lowest BCUT2D eigenvalue weighted by molar-refractivity contribution is -0.141. The Kier molecular flexibility index (Phi) is 3.43. The van der Waals surface area contributed by atoms with Gasteiger partial charge in [-0.2, -0.15) is 4.31 Å². The molecule has 5 nitrogen and oxygen atoms in total. The van der Waals surface area contributed by atoms with E-state index in [9.17, 15) is 13.2 Å². The second-order valence-electron chi connectivity index (χ2n) is 5.16. The molecule has 2 aromatic carbocycles. The lowest BCUT2D eigenvalue weighted by Gasteiger charge is -2.17. The molecule has 0 aliphatic carbocycles. The molecule has 3 rings (SSSR count). The Morgan fingerprint density at radius 3 is 2.57 bits per heavy atom. The van der Waals surface area contributed by atoms with E-state index < -0.39 is 21.9 Å². The molecule has 21 heavy (non-hydrogen) atoms. The summed E-state index contributed by atoms with van der Waals surface area (Å²) in [6.07, 6.45) is 0.360. The Hall–Kier alpha value is -1.92. The van der Waals surface area contributed by atoms with E-state index in [-0.39, 0.29) is 18.0 Å². The number of carboxylic acid groups (broad SMARTS) is 1. The molecule has 0 spiro atoms. The molecule has 2 aromatic rings. The minimum Gasteiger partial charge on any atom is -0.481 e. The highest BCUT2D eigenvalue weighted by atomic mass is 32.2. The average molecular weight is 305 g/mol. The summed E-state index contributed by atoms with van der Waals surface area (Å²) in [6.45, 7) is 0.295. The van der Waals surface area contributed by atoms with Crippen LogP contribution in [0.1, 0.15) is 6.42 Å². The van der Waals surface area contributed by atoms with Crippen LogP contribution in [0.3, 0.4) is 0 Å². The zero-order chi connectivity index (χ0) is 15.0. The van der Waals surface area contributed by atoms with Crippen LogP contribution in [-0.2, 0) is 14.8 Å². The third-order valence-electron chi connectivity index (χ3n) is 3.87. The maximum absolute atomic E-state index is 12.7. The van der Waals surface area contributed by atoms with Crippen LogP contribution in [0.25, 0.3) is 10.8 Å². The Balaban J connectivity index is 2.04. The summed E-state index contributed by atoms with van der Waals surface area (Å²) in [5.74, 6) is -1.56. The molecule has 1 heterocycles. The molecule has 1 fully saturated rings. The van der Waals surface area contributed by atoms with E-state index in [1.165, 1.54) is 4.31 Å². The fourth-order valence-corrected chi connectivity index (χ4v) is 4.42. The first kappa shape index (κ1) is 14.0. The number of carbonyl (C=O) groups is 1. The molecule has 0 saturated carbocycles. The van der Waals surface area contributed by atoms with E-state index >= 15 is 0 Å². The Bertz CT molecular complexity index is 795. The van der Waals surface area contributed by atoms with Crippen molar-refractivity contribution in [3.63, 3.8) is 0 Å². The number of hydrogen-bond acceptors (Lipinski definition) is 3. The first-order valence-corrected chi connectivity index (χ1v) is 8.15. The molecule has 1 aliphatic heterocycles. The summed E-state index contributed by atoms with van der Waals surface area (Å²) in [4.78, 5) is 11.2. The predicted molar refractivity (Wildman–Crippen MR) is 78.4 cm³/mol. The van der Waals surface area contributed by atoms with Crippen LogP contribution < -0.4 is 0 Å². The molecule has 0 amide bonds. The SMILES string of the molecule is O=C(O)C1CCN(S(=O)(=O)c2cccc3ccccc23)C1. The van der Waals surface area contributed by atoms with Gasteiger partial charge in [0.1, 0.15) is 0 Å². The van der Waals surface area contributed by atoms with Crippen molar-refractivity contribution in [2.45, 2.75) is 11.3 Å². The van der Waals surface area contributed by atoms with Gasteiger partial charge in [-0.3, -0.25) is 4.79 Å².